The minimum Gasteiger partial charge on any atom is -0.494 e. The van der Waals surface area contributed by atoms with Gasteiger partial charge in [-0.1, -0.05) is 12.1 Å². The molecule has 0 radical (unpaired) electrons. The van der Waals surface area contributed by atoms with E-state index < -0.39 is 5.97 Å². The maximum absolute atomic E-state index is 12.5. The molecule has 0 unspecified atom stereocenters. The number of carboxylic acid groups (broad SMARTS) is 1. The molecule has 0 aliphatic carbocycles. The number of carbonyl (C=O) groups is 2. The van der Waals surface area contributed by atoms with Crippen molar-refractivity contribution in [1.29, 1.82) is 0 Å². The monoisotopic (exact) mass is 354 g/mol. The van der Waals surface area contributed by atoms with Crippen molar-refractivity contribution in [2.75, 3.05) is 13.2 Å². The lowest BCUT2D eigenvalue weighted by atomic mass is 9.96. The Hall–Kier alpha value is -2.89. The fourth-order valence-corrected chi connectivity index (χ4v) is 3.22. The van der Waals surface area contributed by atoms with Crippen molar-refractivity contribution < 1.29 is 19.4 Å². The number of amides is 1. The molecule has 0 fully saturated rings. The summed E-state index contributed by atoms with van der Waals surface area (Å²) in [4.78, 5) is 29.6. The van der Waals surface area contributed by atoms with Crippen LogP contribution in [0.4, 0.5) is 0 Å². The third-order valence-corrected chi connectivity index (χ3v) is 4.58. The van der Waals surface area contributed by atoms with E-state index in [1.807, 2.05) is 31.2 Å². The first-order valence-electron chi connectivity index (χ1n) is 8.77. The van der Waals surface area contributed by atoms with Gasteiger partial charge in [0.15, 0.2) is 0 Å². The standard InChI is InChI=1S/C20H22N2O4/c1-2-26-16-6-3-14(4-7-16)5-8-19(23)22-10-9-17-15(13-22)11-21-12-18(17)20(24)25/h3-4,6-7,11-12H,2,5,8-10,13H2,1H3,(H,24,25). The van der Waals surface area contributed by atoms with Crippen LogP contribution in [0.2, 0.25) is 0 Å². The van der Waals surface area contributed by atoms with Gasteiger partial charge in [0.1, 0.15) is 5.75 Å². The first-order valence-corrected chi connectivity index (χ1v) is 8.77. The van der Waals surface area contributed by atoms with Gasteiger partial charge in [-0.3, -0.25) is 9.78 Å². The van der Waals surface area contributed by atoms with Crippen molar-refractivity contribution >= 4 is 11.9 Å². The average Bonchev–Trinajstić information content (AvgIpc) is 2.66. The normalized spacial score (nSPS) is 13.2. The van der Waals surface area contributed by atoms with Gasteiger partial charge in [0.05, 0.1) is 12.2 Å². The number of aryl methyl sites for hydroxylation is 1. The predicted octanol–water partition coefficient (Wildman–Crippen LogP) is 2.70. The summed E-state index contributed by atoms with van der Waals surface area (Å²) in [5, 5.41) is 9.25. The van der Waals surface area contributed by atoms with Crippen LogP contribution in [0, 0.1) is 0 Å². The molecule has 136 valence electrons. The predicted molar refractivity (Wildman–Crippen MR) is 96.2 cm³/mol. The molecule has 2 heterocycles. The largest absolute Gasteiger partial charge is 0.494 e. The fourth-order valence-electron chi connectivity index (χ4n) is 3.22. The van der Waals surface area contributed by atoms with Crippen LogP contribution in [0.1, 0.15) is 40.4 Å². The molecule has 6 heteroatoms. The Kier molecular flexibility index (Phi) is 5.51. The highest BCUT2D eigenvalue weighted by atomic mass is 16.5. The SMILES string of the molecule is CCOc1ccc(CCC(=O)N2CCc3c(cncc3C(=O)O)C2)cc1. The maximum Gasteiger partial charge on any atom is 0.337 e. The van der Waals surface area contributed by atoms with Gasteiger partial charge in [0.25, 0.3) is 0 Å². The zero-order valence-corrected chi connectivity index (χ0v) is 14.8. The minimum atomic E-state index is -0.968. The van der Waals surface area contributed by atoms with E-state index in [0.29, 0.717) is 39.0 Å². The Morgan fingerprint density at radius 2 is 2.00 bits per heavy atom. The first kappa shape index (κ1) is 17.9. The molecule has 0 bridgehead atoms. The second kappa shape index (κ2) is 7.99. The smallest absolute Gasteiger partial charge is 0.337 e. The molecule has 2 aromatic rings. The van der Waals surface area contributed by atoms with Crippen LogP contribution < -0.4 is 4.74 Å². The van der Waals surface area contributed by atoms with Gasteiger partial charge in [-0.25, -0.2) is 4.79 Å². The molecule has 0 spiro atoms. The summed E-state index contributed by atoms with van der Waals surface area (Å²) >= 11 is 0. The number of pyridine rings is 1. The Morgan fingerprint density at radius 3 is 2.69 bits per heavy atom. The molecule has 26 heavy (non-hydrogen) atoms. The number of hydrogen-bond acceptors (Lipinski definition) is 4. The van der Waals surface area contributed by atoms with Crippen LogP contribution in [-0.2, 0) is 24.2 Å². The second-order valence-electron chi connectivity index (χ2n) is 6.27. The Morgan fingerprint density at radius 1 is 1.23 bits per heavy atom. The van der Waals surface area contributed by atoms with Crippen LogP contribution >= 0.6 is 0 Å². The zero-order chi connectivity index (χ0) is 18.5. The van der Waals surface area contributed by atoms with Crippen molar-refractivity contribution in [3.8, 4) is 5.75 Å². The van der Waals surface area contributed by atoms with E-state index in [2.05, 4.69) is 4.98 Å². The lowest BCUT2D eigenvalue weighted by molar-refractivity contribution is -0.132. The maximum atomic E-state index is 12.5. The highest BCUT2D eigenvalue weighted by Crippen LogP contribution is 2.22. The number of carboxylic acids is 1. The van der Waals surface area contributed by atoms with Crippen molar-refractivity contribution in [3.63, 3.8) is 0 Å². The number of aromatic carboxylic acids is 1. The first-order chi connectivity index (χ1) is 12.6. The number of aromatic nitrogens is 1. The number of fused-ring (bicyclic) bond motifs is 1. The van der Waals surface area contributed by atoms with Crippen molar-refractivity contribution in [2.45, 2.75) is 32.7 Å². The van der Waals surface area contributed by atoms with Crippen LogP contribution in [-0.4, -0.2) is 40.0 Å². The number of benzene rings is 1. The minimum absolute atomic E-state index is 0.0743. The third kappa shape index (κ3) is 4.02. The summed E-state index contributed by atoms with van der Waals surface area (Å²) in [5.41, 5.74) is 2.95. The molecule has 0 atom stereocenters. The summed E-state index contributed by atoms with van der Waals surface area (Å²) < 4.78 is 5.42. The van der Waals surface area contributed by atoms with Crippen LogP contribution in [0.25, 0.3) is 0 Å². The number of carbonyl (C=O) groups excluding carboxylic acids is 1. The van der Waals surface area contributed by atoms with Crippen LogP contribution in [0.3, 0.4) is 0 Å². The summed E-state index contributed by atoms with van der Waals surface area (Å²) in [6, 6.07) is 7.79. The third-order valence-electron chi connectivity index (χ3n) is 4.58. The summed E-state index contributed by atoms with van der Waals surface area (Å²) in [6.07, 6.45) is 4.68. The molecule has 1 N–H and O–H groups in total. The van der Waals surface area contributed by atoms with Crippen LogP contribution in [0.5, 0.6) is 5.75 Å². The number of rotatable bonds is 6. The van der Waals surface area contributed by atoms with E-state index in [9.17, 15) is 14.7 Å². The molecule has 0 saturated heterocycles. The van der Waals surface area contributed by atoms with E-state index in [0.717, 1.165) is 22.4 Å². The molecular formula is C20H22N2O4. The summed E-state index contributed by atoms with van der Waals surface area (Å²) in [7, 11) is 0. The fraction of sp³-hybridized carbons (Fsp3) is 0.350. The molecule has 1 aromatic carbocycles. The lowest BCUT2D eigenvalue weighted by Gasteiger charge is -2.29. The molecular weight excluding hydrogens is 332 g/mol. The molecule has 3 rings (SSSR count). The van der Waals surface area contributed by atoms with Crippen LogP contribution in [0.15, 0.2) is 36.7 Å². The van der Waals surface area contributed by atoms with E-state index in [4.69, 9.17) is 4.74 Å². The van der Waals surface area contributed by atoms with Crippen molar-refractivity contribution in [1.82, 2.24) is 9.88 Å². The Bertz CT molecular complexity index is 802. The molecule has 6 nitrogen and oxygen atoms in total. The molecule has 1 aliphatic rings. The molecule has 1 amide bonds. The van der Waals surface area contributed by atoms with E-state index >= 15 is 0 Å². The molecule has 1 aliphatic heterocycles. The number of nitrogens with zero attached hydrogens (tertiary/aromatic N) is 2. The van der Waals surface area contributed by atoms with Gasteiger partial charge in [-0.2, -0.15) is 0 Å². The molecule has 1 aromatic heterocycles. The lowest BCUT2D eigenvalue weighted by Crippen LogP contribution is -2.36. The van der Waals surface area contributed by atoms with E-state index in [-0.39, 0.29) is 11.5 Å². The number of ether oxygens (including phenoxy) is 1. The molecule has 0 saturated carbocycles. The van der Waals surface area contributed by atoms with E-state index in [1.165, 1.54) is 6.20 Å². The second-order valence-corrected chi connectivity index (χ2v) is 6.27. The quantitative estimate of drug-likeness (QED) is 0.863. The van der Waals surface area contributed by atoms with Gasteiger partial charge in [0, 0.05) is 31.9 Å². The van der Waals surface area contributed by atoms with Crippen molar-refractivity contribution in [2.24, 2.45) is 0 Å². The van der Waals surface area contributed by atoms with E-state index in [1.54, 1.807) is 11.1 Å². The van der Waals surface area contributed by atoms with Gasteiger partial charge in [-0.05, 0) is 48.6 Å². The Balaban J connectivity index is 1.59. The average molecular weight is 354 g/mol. The highest BCUT2D eigenvalue weighted by Gasteiger charge is 2.24. The number of hydrogen-bond donors (Lipinski definition) is 1. The van der Waals surface area contributed by atoms with Crippen molar-refractivity contribution in [3.05, 3.63) is 58.9 Å². The highest BCUT2D eigenvalue weighted by molar-refractivity contribution is 5.89. The van der Waals surface area contributed by atoms with Gasteiger partial charge in [-0.15, -0.1) is 0 Å². The zero-order valence-electron chi connectivity index (χ0n) is 14.8. The van der Waals surface area contributed by atoms with Gasteiger partial charge >= 0.3 is 5.97 Å². The van der Waals surface area contributed by atoms with Gasteiger partial charge in [0.2, 0.25) is 5.91 Å². The van der Waals surface area contributed by atoms with Gasteiger partial charge < -0.3 is 14.7 Å². The topological polar surface area (TPSA) is 79.7 Å². The summed E-state index contributed by atoms with van der Waals surface area (Å²) in [6.45, 7) is 3.54. The Labute approximate surface area is 152 Å². The summed E-state index contributed by atoms with van der Waals surface area (Å²) in [5.74, 6) is -0.0631.